The van der Waals surface area contributed by atoms with E-state index in [0.29, 0.717) is 19.5 Å². The fourth-order valence-electron chi connectivity index (χ4n) is 2.40. The number of hydrogen-bond acceptors (Lipinski definition) is 4. The molecular weight excluding hydrogens is 242 g/mol. The van der Waals surface area contributed by atoms with Crippen molar-refractivity contribution in [1.29, 1.82) is 0 Å². The molecule has 2 atom stereocenters. The van der Waals surface area contributed by atoms with Gasteiger partial charge in [-0.25, -0.2) is 0 Å². The minimum atomic E-state index is -0.503. The molecule has 0 saturated carbocycles. The lowest BCUT2D eigenvalue weighted by atomic mass is 10.2. The van der Waals surface area contributed by atoms with Crippen molar-refractivity contribution in [1.82, 2.24) is 15.1 Å². The molecule has 0 aromatic rings. The summed E-state index contributed by atoms with van der Waals surface area (Å²) in [6, 6.07) is 0. The average molecular weight is 262 g/mol. The number of carbonyl (C=O) groups is 1. The van der Waals surface area contributed by atoms with E-state index < -0.39 is 6.10 Å². The van der Waals surface area contributed by atoms with Crippen molar-refractivity contribution in [2.75, 3.05) is 39.3 Å². The molecule has 2 heterocycles. The molecule has 1 amide bonds. The van der Waals surface area contributed by atoms with E-state index in [4.69, 9.17) is 11.6 Å². The predicted octanol–water partition coefficient (Wildman–Crippen LogP) is -0.560. The van der Waals surface area contributed by atoms with Crippen LogP contribution in [0.3, 0.4) is 0 Å². The summed E-state index contributed by atoms with van der Waals surface area (Å²) in [5.41, 5.74) is -0.0623. The van der Waals surface area contributed by atoms with Gasteiger partial charge in [-0.1, -0.05) is 0 Å². The van der Waals surface area contributed by atoms with Crippen LogP contribution in [0.1, 0.15) is 12.8 Å². The average Bonchev–Trinajstić information content (AvgIpc) is 2.68. The molecule has 0 aromatic heterocycles. The van der Waals surface area contributed by atoms with Crippen LogP contribution in [-0.2, 0) is 4.79 Å². The number of alkyl halides is 1. The summed E-state index contributed by atoms with van der Waals surface area (Å²) in [5, 5.41) is 13.2. The zero-order valence-corrected chi connectivity index (χ0v) is 10.7. The Morgan fingerprint density at radius 2 is 2.29 bits per heavy atom. The number of β-amino-alcohol motifs (C(OH)–C–C–N with tert-alkyl or cyclic N) is 1. The fraction of sp³-hybridized carbons (Fsp3) is 0.909. The minimum Gasteiger partial charge on any atom is -0.390 e. The Kier molecular flexibility index (Phi) is 4.62. The van der Waals surface area contributed by atoms with Crippen LogP contribution in [0.25, 0.3) is 0 Å². The van der Waals surface area contributed by atoms with Crippen LogP contribution < -0.4 is 5.32 Å². The summed E-state index contributed by atoms with van der Waals surface area (Å²) in [6.45, 7) is 4.25. The number of hydrogen-bond donors (Lipinski definition) is 2. The third kappa shape index (κ3) is 3.55. The van der Waals surface area contributed by atoms with E-state index in [0.717, 1.165) is 32.6 Å². The van der Waals surface area contributed by atoms with E-state index >= 15 is 0 Å². The van der Waals surface area contributed by atoms with E-state index in [1.807, 2.05) is 0 Å². The Morgan fingerprint density at radius 1 is 1.47 bits per heavy atom. The van der Waals surface area contributed by atoms with Gasteiger partial charge in [0.15, 0.2) is 0 Å². The molecule has 0 aromatic carbocycles. The second kappa shape index (κ2) is 6.00. The molecule has 0 bridgehead atoms. The van der Waals surface area contributed by atoms with Crippen LogP contribution in [-0.4, -0.2) is 71.7 Å². The van der Waals surface area contributed by atoms with Gasteiger partial charge in [-0.15, -0.1) is 11.6 Å². The van der Waals surface area contributed by atoms with Gasteiger partial charge >= 0.3 is 0 Å². The number of rotatable bonds is 4. The molecule has 2 fully saturated rings. The maximum Gasteiger partial charge on any atom is 0.222 e. The van der Waals surface area contributed by atoms with Crippen molar-refractivity contribution in [3.05, 3.63) is 0 Å². The number of aliphatic hydroxyl groups excluding tert-OH is 1. The lowest BCUT2D eigenvalue weighted by Crippen LogP contribution is -2.52. The van der Waals surface area contributed by atoms with Gasteiger partial charge in [-0.2, -0.15) is 0 Å². The molecule has 2 saturated heterocycles. The van der Waals surface area contributed by atoms with E-state index in [-0.39, 0.29) is 11.4 Å². The number of nitrogens with zero attached hydrogens (tertiary/aromatic N) is 2. The Labute approximate surface area is 107 Å². The van der Waals surface area contributed by atoms with Gasteiger partial charge in [-0.05, 0) is 6.42 Å². The highest BCUT2D eigenvalue weighted by molar-refractivity contribution is 6.20. The number of carbonyl (C=O) groups excluding carboxylic acids is 1. The molecule has 0 spiro atoms. The second-order valence-electron chi connectivity index (χ2n) is 4.73. The van der Waals surface area contributed by atoms with Crippen molar-refractivity contribution in [2.24, 2.45) is 0 Å². The van der Waals surface area contributed by atoms with Crippen LogP contribution in [0, 0.1) is 0 Å². The molecule has 0 aliphatic carbocycles. The Hall–Kier alpha value is -0.360. The molecule has 98 valence electrons. The molecule has 2 aliphatic heterocycles. The first-order valence-electron chi connectivity index (χ1n) is 6.21. The molecule has 17 heavy (non-hydrogen) atoms. The zero-order chi connectivity index (χ0) is 12.3. The first-order valence-corrected chi connectivity index (χ1v) is 6.65. The third-order valence-corrected chi connectivity index (χ3v) is 3.76. The molecular formula is C11H20ClN3O2. The normalized spacial score (nSPS) is 28.7. The maximum absolute atomic E-state index is 11.4. The monoisotopic (exact) mass is 261 g/mol. The van der Waals surface area contributed by atoms with E-state index in [9.17, 15) is 9.90 Å². The third-order valence-electron chi connectivity index (χ3n) is 3.33. The number of amides is 1. The first kappa shape index (κ1) is 13.1. The lowest BCUT2D eigenvalue weighted by molar-refractivity contribution is -0.129. The predicted molar refractivity (Wildman–Crippen MR) is 65.9 cm³/mol. The van der Waals surface area contributed by atoms with Crippen LogP contribution in [0.15, 0.2) is 0 Å². The number of likely N-dealkylation sites (tertiary alicyclic amines) is 1. The molecule has 5 nitrogen and oxygen atoms in total. The lowest BCUT2D eigenvalue weighted by Gasteiger charge is -2.34. The molecule has 1 unspecified atom stereocenters. The topological polar surface area (TPSA) is 55.8 Å². The summed E-state index contributed by atoms with van der Waals surface area (Å²) in [4.78, 5) is 15.2. The van der Waals surface area contributed by atoms with Gasteiger partial charge < -0.3 is 15.3 Å². The van der Waals surface area contributed by atoms with Gasteiger partial charge in [-0.3, -0.25) is 9.69 Å². The highest BCUT2D eigenvalue weighted by Gasteiger charge is 2.26. The zero-order valence-electron chi connectivity index (χ0n) is 9.94. The standard InChI is InChI=1S/C11H20ClN3O2/c12-10-6-13-3-5-14(10)7-9(16)8-15-4-1-2-11(15)17/h9-10,13,16H,1-8H2/t9-,10?/m1/s1. The van der Waals surface area contributed by atoms with Crippen LogP contribution in [0.2, 0.25) is 0 Å². The number of halogens is 1. The highest BCUT2D eigenvalue weighted by Crippen LogP contribution is 2.12. The highest BCUT2D eigenvalue weighted by atomic mass is 35.5. The Morgan fingerprint density at radius 3 is 2.94 bits per heavy atom. The van der Waals surface area contributed by atoms with Crippen molar-refractivity contribution in [3.8, 4) is 0 Å². The van der Waals surface area contributed by atoms with Gasteiger partial charge in [0, 0.05) is 45.7 Å². The number of piperazine rings is 1. The van der Waals surface area contributed by atoms with E-state index in [1.54, 1.807) is 4.90 Å². The largest absolute Gasteiger partial charge is 0.390 e. The van der Waals surface area contributed by atoms with Gasteiger partial charge in [0.25, 0.3) is 0 Å². The first-order chi connectivity index (χ1) is 8.16. The Balaban J connectivity index is 1.76. The quantitative estimate of drug-likeness (QED) is 0.526. The number of aliphatic hydroxyl groups is 1. The van der Waals surface area contributed by atoms with Crippen molar-refractivity contribution >= 4 is 17.5 Å². The van der Waals surface area contributed by atoms with Crippen molar-refractivity contribution < 1.29 is 9.90 Å². The van der Waals surface area contributed by atoms with Crippen LogP contribution >= 0.6 is 11.6 Å². The maximum atomic E-state index is 11.4. The Bertz CT molecular complexity index is 277. The molecule has 6 heteroatoms. The van der Waals surface area contributed by atoms with E-state index in [2.05, 4.69) is 10.2 Å². The summed E-state index contributed by atoms with van der Waals surface area (Å²) < 4.78 is 0. The number of nitrogens with one attached hydrogen (secondary N) is 1. The summed E-state index contributed by atoms with van der Waals surface area (Å²) in [6.07, 6.45) is 1.03. The van der Waals surface area contributed by atoms with Gasteiger partial charge in [0.1, 0.15) is 0 Å². The van der Waals surface area contributed by atoms with Crippen LogP contribution in [0.4, 0.5) is 0 Å². The second-order valence-corrected chi connectivity index (χ2v) is 5.23. The summed E-state index contributed by atoms with van der Waals surface area (Å²) >= 11 is 6.14. The van der Waals surface area contributed by atoms with Gasteiger partial charge in [0.05, 0.1) is 11.6 Å². The summed E-state index contributed by atoms with van der Waals surface area (Å²) in [7, 11) is 0. The minimum absolute atomic E-state index is 0.0623. The van der Waals surface area contributed by atoms with Crippen LogP contribution in [0.5, 0.6) is 0 Å². The molecule has 2 aliphatic rings. The van der Waals surface area contributed by atoms with Crippen molar-refractivity contribution in [2.45, 2.75) is 24.4 Å². The summed E-state index contributed by atoms with van der Waals surface area (Å²) in [5.74, 6) is 0.159. The van der Waals surface area contributed by atoms with Gasteiger partial charge in [0.2, 0.25) is 5.91 Å². The molecule has 0 radical (unpaired) electrons. The SMILES string of the molecule is O=C1CCCN1C[C@H](O)CN1CCNCC1Cl. The van der Waals surface area contributed by atoms with E-state index in [1.165, 1.54) is 0 Å². The molecule has 2 N–H and O–H groups in total. The smallest absolute Gasteiger partial charge is 0.222 e. The van der Waals surface area contributed by atoms with Crippen molar-refractivity contribution in [3.63, 3.8) is 0 Å². The fourth-order valence-corrected chi connectivity index (χ4v) is 2.68. The molecule has 2 rings (SSSR count).